The summed E-state index contributed by atoms with van der Waals surface area (Å²) in [6.07, 6.45) is 2.34. The normalized spacial score (nSPS) is 13.2. The molecule has 0 aliphatic heterocycles. The lowest BCUT2D eigenvalue weighted by Gasteiger charge is -2.15. The van der Waals surface area contributed by atoms with Gasteiger partial charge in [0.05, 0.1) is 6.61 Å². The fourth-order valence-electron chi connectivity index (χ4n) is 1.85. The predicted octanol–water partition coefficient (Wildman–Crippen LogP) is 4.32. The van der Waals surface area contributed by atoms with Gasteiger partial charge in [-0.05, 0) is 29.5 Å². The first-order chi connectivity index (χ1) is 9.34. The van der Waals surface area contributed by atoms with E-state index in [1.807, 2.05) is 11.3 Å². The van der Waals surface area contributed by atoms with Crippen LogP contribution < -0.4 is 5.32 Å². The summed E-state index contributed by atoms with van der Waals surface area (Å²) in [4.78, 5) is 2.80. The van der Waals surface area contributed by atoms with E-state index in [4.69, 9.17) is 4.74 Å². The minimum atomic E-state index is 0.242. The molecule has 0 bridgehead atoms. The third-order valence-corrected chi connectivity index (χ3v) is 4.71. The third kappa shape index (κ3) is 5.78. The van der Waals surface area contributed by atoms with Crippen molar-refractivity contribution in [1.82, 2.24) is 5.32 Å². The molecule has 0 unspecified atom stereocenters. The Kier molecular flexibility index (Phi) is 6.93. The molecule has 0 spiro atoms. The molecule has 0 amide bonds. The van der Waals surface area contributed by atoms with Crippen LogP contribution in [-0.2, 0) is 10.2 Å². The maximum Gasteiger partial charge on any atom is 0.0587 e. The fourth-order valence-corrected chi connectivity index (χ4v) is 2.89. The molecule has 2 nitrogen and oxygen atoms in total. The number of hydrogen-bond donors (Lipinski definition) is 1. The van der Waals surface area contributed by atoms with Crippen LogP contribution in [0.15, 0.2) is 17.7 Å². The highest BCUT2D eigenvalue weighted by atomic mass is 32.1. The molecule has 0 fully saturated rings. The van der Waals surface area contributed by atoms with Crippen molar-refractivity contribution in [3.63, 3.8) is 0 Å². The van der Waals surface area contributed by atoms with Crippen LogP contribution in [0.1, 0.15) is 44.4 Å². The maximum atomic E-state index is 5.06. The Hall–Kier alpha value is -0.640. The highest BCUT2D eigenvalue weighted by Gasteiger charge is 2.15. The number of thiophene rings is 1. The molecule has 20 heavy (non-hydrogen) atoms. The van der Waals surface area contributed by atoms with E-state index >= 15 is 0 Å². The van der Waals surface area contributed by atoms with Gasteiger partial charge in [-0.1, -0.05) is 40.2 Å². The van der Waals surface area contributed by atoms with Crippen molar-refractivity contribution in [2.75, 3.05) is 26.8 Å². The predicted molar refractivity (Wildman–Crippen MR) is 90.6 cm³/mol. The molecular formula is C17H29NOS. The van der Waals surface area contributed by atoms with Crippen LogP contribution in [0.3, 0.4) is 0 Å². The molecule has 1 rings (SSSR count). The van der Waals surface area contributed by atoms with Gasteiger partial charge in [0.25, 0.3) is 0 Å². The standard InChI is InChI=1S/C17H29NOS/c1-13(2)14(12-18-9-10-19-6)11-15-7-8-16(20-15)17(3,4)5/h7-8,11,13,18H,9-10,12H2,1-6H3/b14-11-. The van der Waals surface area contributed by atoms with Crippen LogP contribution in [0, 0.1) is 5.92 Å². The Balaban J connectivity index is 2.73. The smallest absolute Gasteiger partial charge is 0.0587 e. The van der Waals surface area contributed by atoms with Crippen molar-refractivity contribution in [1.29, 1.82) is 0 Å². The Morgan fingerprint density at radius 1 is 1.35 bits per heavy atom. The van der Waals surface area contributed by atoms with E-state index in [1.165, 1.54) is 15.3 Å². The summed E-state index contributed by atoms with van der Waals surface area (Å²) in [5.41, 5.74) is 1.69. The number of ether oxygens (including phenoxy) is 1. The van der Waals surface area contributed by atoms with Gasteiger partial charge in [0.15, 0.2) is 0 Å². The summed E-state index contributed by atoms with van der Waals surface area (Å²) >= 11 is 1.90. The minimum absolute atomic E-state index is 0.242. The lowest BCUT2D eigenvalue weighted by atomic mass is 9.95. The molecule has 1 heterocycles. The van der Waals surface area contributed by atoms with Gasteiger partial charge in [-0.2, -0.15) is 0 Å². The Morgan fingerprint density at radius 2 is 2.05 bits per heavy atom. The van der Waals surface area contributed by atoms with Gasteiger partial charge in [0.1, 0.15) is 0 Å². The van der Waals surface area contributed by atoms with Crippen LogP contribution in [0.5, 0.6) is 0 Å². The summed E-state index contributed by atoms with van der Waals surface area (Å²) in [6, 6.07) is 4.50. The molecule has 114 valence electrons. The Morgan fingerprint density at radius 3 is 2.55 bits per heavy atom. The molecule has 0 aromatic carbocycles. The van der Waals surface area contributed by atoms with Crippen LogP contribution in [0.2, 0.25) is 0 Å². The fraction of sp³-hybridized carbons (Fsp3) is 0.647. The molecule has 3 heteroatoms. The summed E-state index contributed by atoms with van der Waals surface area (Å²) < 4.78 is 5.06. The third-order valence-electron chi connectivity index (χ3n) is 3.25. The molecule has 0 saturated carbocycles. The van der Waals surface area contributed by atoms with Gasteiger partial charge in [-0.25, -0.2) is 0 Å². The SMILES string of the molecule is COCCNC/C(=C/c1ccc(C(C)(C)C)s1)C(C)C. The van der Waals surface area contributed by atoms with Gasteiger partial charge in [-0.15, -0.1) is 11.3 Å². The number of nitrogens with one attached hydrogen (secondary N) is 1. The highest BCUT2D eigenvalue weighted by molar-refractivity contribution is 7.13. The molecule has 0 radical (unpaired) electrons. The van der Waals surface area contributed by atoms with Crippen LogP contribution >= 0.6 is 11.3 Å². The Labute approximate surface area is 128 Å². The number of hydrogen-bond acceptors (Lipinski definition) is 3. The first-order valence-corrected chi connectivity index (χ1v) is 8.16. The van der Waals surface area contributed by atoms with Crippen molar-refractivity contribution >= 4 is 17.4 Å². The molecule has 1 aromatic rings. The average molecular weight is 295 g/mol. The first kappa shape index (κ1) is 17.4. The maximum absolute atomic E-state index is 5.06. The zero-order chi connectivity index (χ0) is 15.2. The molecular weight excluding hydrogens is 266 g/mol. The second kappa shape index (κ2) is 7.96. The van der Waals surface area contributed by atoms with E-state index in [2.05, 4.69) is 58.1 Å². The topological polar surface area (TPSA) is 21.3 Å². The van der Waals surface area contributed by atoms with E-state index in [-0.39, 0.29) is 5.41 Å². The van der Waals surface area contributed by atoms with Crippen molar-refractivity contribution in [3.8, 4) is 0 Å². The van der Waals surface area contributed by atoms with E-state index in [0.717, 1.165) is 19.7 Å². The van der Waals surface area contributed by atoms with E-state index in [9.17, 15) is 0 Å². The van der Waals surface area contributed by atoms with Crippen molar-refractivity contribution in [2.45, 2.75) is 40.0 Å². The molecule has 1 N–H and O–H groups in total. The summed E-state index contributed by atoms with van der Waals surface area (Å²) in [5.74, 6) is 0.560. The summed E-state index contributed by atoms with van der Waals surface area (Å²) in [5, 5.41) is 3.44. The molecule has 0 saturated heterocycles. The van der Waals surface area contributed by atoms with E-state index in [0.29, 0.717) is 5.92 Å². The van der Waals surface area contributed by atoms with Gasteiger partial charge in [0.2, 0.25) is 0 Å². The van der Waals surface area contributed by atoms with Crippen LogP contribution in [0.25, 0.3) is 6.08 Å². The van der Waals surface area contributed by atoms with Gasteiger partial charge in [0, 0.05) is 30.0 Å². The zero-order valence-corrected chi connectivity index (χ0v) is 14.6. The van der Waals surface area contributed by atoms with Crippen molar-refractivity contribution < 1.29 is 4.74 Å². The van der Waals surface area contributed by atoms with Crippen molar-refractivity contribution in [2.24, 2.45) is 5.92 Å². The quantitative estimate of drug-likeness (QED) is 0.756. The summed E-state index contributed by atoms with van der Waals surface area (Å²) in [7, 11) is 1.74. The van der Waals surface area contributed by atoms with Gasteiger partial charge >= 0.3 is 0 Å². The number of rotatable bonds is 7. The Bertz CT molecular complexity index is 426. The molecule has 0 atom stereocenters. The van der Waals surface area contributed by atoms with Gasteiger partial charge in [-0.3, -0.25) is 0 Å². The number of methoxy groups -OCH3 is 1. The van der Waals surface area contributed by atoms with Crippen LogP contribution in [0.4, 0.5) is 0 Å². The second-order valence-electron chi connectivity index (χ2n) is 6.50. The lowest BCUT2D eigenvalue weighted by Crippen LogP contribution is -2.23. The monoisotopic (exact) mass is 295 g/mol. The largest absolute Gasteiger partial charge is 0.383 e. The summed E-state index contributed by atoms with van der Waals surface area (Å²) in [6.45, 7) is 13.9. The minimum Gasteiger partial charge on any atom is -0.383 e. The molecule has 0 aliphatic rings. The zero-order valence-electron chi connectivity index (χ0n) is 13.7. The lowest BCUT2D eigenvalue weighted by molar-refractivity contribution is 0.200. The highest BCUT2D eigenvalue weighted by Crippen LogP contribution is 2.31. The molecule has 0 aliphatic carbocycles. The second-order valence-corrected chi connectivity index (χ2v) is 7.61. The van der Waals surface area contributed by atoms with Crippen LogP contribution in [-0.4, -0.2) is 26.8 Å². The van der Waals surface area contributed by atoms with Crippen molar-refractivity contribution in [3.05, 3.63) is 27.5 Å². The van der Waals surface area contributed by atoms with E-state index < -0.39 is 0 Å². The average Bonchev–Trinajstić information content (AvgIpc) is 2.81. The van der Waals surface area contributed by atoms with Gasteiger partial charge < -0.3 is 10.1 Å². The molecule has 1 aromatic heterocycles. The van der Waals surface area contributed by atoms with E-state index in [1.54, 1.807) is 7.11 Å². The first-order valence-electron chi connectivity index (χ1n) is 7.35.